The molecule has 112 valence electrons. The molecule has 0 spiro atoms. The van der Waals surface area contributed by atoms with Gasteiger partial charge in [0.05, 0.1) is 11.3 Å². The fourth-order valence-corrected chi connectivity index (χ4v) is 2.06. The van der Waals surface area contributed by atoms with Gasteiger partial charge in [0.1, 0.15) is 29.9 Å². The van der Waals surface area contributed by atoms with E-state index in [4.69, 9.17) is 5.26 Å². The molecule has 6 heteroatoms. The Hall–Kier alpha value is -3.46. The molecule has 2 heterocycles. The highest BCUT2D eigenvalue weighted by Gasteiger charge is 2.04. The fraction of sp³-hybridized carbons (Fsp3) is 0.0588. The predicted octanol–water partition coefficient (Wildman–Crippen LogP) is 3.54. The van der Waals surface area contributed by atoms with Gasteiger partial charge in [0.2, 0.25) is 0 Å². The van der Waals surface area contributed by atoms with Gasteiger partial charge in [-0.1, -0.05) is 12.1 Å². The molecule has 0 saturated carbocycles. The molecule has 1 aromatic carbocycles. The van der Waals surface area contributed by atoms with E-state index in [1.165, 1.54) is 6.33 Å². The maximum Gasteiger partial charge on any atom is 0.137 e. The first-order valence-corrected chi connectivity index (χ1v) is 7.02. The van der Waals surface area contributed by atoms with Gasteiger partial charge in [0.25, 0.3) is 0 Å². The van der Waals surface area contributed by atoms with E-state index in [0.29, 0.717) is 28.7 Å². The largest absolute Gasteiger partial charge is 0.339 e. The molecule has 0 saturated heterocycles. The summed E-state index contributed by atoms with van der Waals surface area (Å²) >= 11 is 0. The van der Waals surface area contributed by atoms with Gasteiger partial charge in [-0.3, -0.25) is 0 Å². The number of pyridine rings is 1. The van der Waals surface area contributed by atoms with Crippen molar-refractivity contribution >= 4 is 23.1 Å². The summed E-state index contributed by atoms with van der Waals surface area (Å²) in [7, 11) is 0. The smallest absolute Gasteiger partial charge is 0.137 e. The zero-order valence-corrected chi connectivity index (χ0v) is 12.5. The number of para-hydroxylation sites is 1. The standard InChI is InChI=1S/C17H14N6/c1-12-6-7-19-15(8-12)23-17-9-16(20-11-21-17)22-14-5-3-2-4-13(14)10-18/h2-9,11H,1H3,(H2,19,20,21,22,23). The van der Waals surface area contributed by atoms with Crippen LogP contribution in [0.4, 0.5) is 23.1 Å². The summed E-state index contributed by atoms with van der Waals surface area (Å²) in [5, 5.41) is 15.4. The quantitative estimate of drug-likeness (QED) is 0.766. The van der Waals surface area contributed by atoms with E-state index in [-0.39, 0.29) is 0 Å². The molecule has 0 amide bonds. The lowest BCUT2D eigenvalue weighted by molar-refractivity contribution is 1.15. The lowest BCUT2D eigenvalue weighted by atomic mass is 10.2. The van der Waals surface area contributed by atoms with E-state index < -0.39 is 0 Å². The van der Waals surface area contributed by atoms with Gasteiger partial charge in [0.15, 0.2) is 0 Å². The summed E-state index contributed by atoms with van der Waals surface area (Å²) in [5.41, 5.74) is 2.37. The first kappa shape index (κ1) is 14.5. The molecule has 2 aromatic heterocycles. The second-order valence-corrected chi connectivity index (χ2v) is 4.91. The van der Waals surface area contributed by atoms with E-state index in [1.807, 2.05) is 37.3 Å². The van der Waals surface area contributed by atoms with E-state index in [9.17, 15) is 0 Å². The minimum Gasteiger partial charge on any atom is -0.339 e. The number of benzene rings is 1. The van der Waals surface area contributed by atoms with Gasteiger partial charge in [-0.15, -0.1) is 0 Å². The lowest BCUT2D eigenvalue weighted by Gasteiger charge is -2.09. The number of nitriles is 1. The number of nitrogens with zero attached hydrogens (tertiary/aromatic N) is 4. The molecule has 3 aromatic rings. The molecule has 6 nitrogen and oxygen atoms in total. The monoisotopic (exact) mass is 302 g/mol. The molecule has 0 unspecified atom stereocenters. The van der Waals surface area contributed by atoms with Gasteiger partial charge in [-0.2, -0.15) is 5.26 Å². The van der Waals surface area contributed by atoms with Gasteiger partial charge >= 0.3 is 0 Å². The number of anilines is 4. The van der Waals surface area contributed by atoms with Crippen LogP contribution in [-0.4, -0.2) is 15.0 Å². The Bertz CT molecular complexity index is 869. The molecule has 2 N–H and O–H groups in total. The van der Waals surface area contributed by atoms with E-state index in [1.54, 1.807) is 18.3 Å². The molecule has 0 fully saturated rings. The third-order valence-electron chi connectivity index (χ3n) is 3.15. The zero-order chi connectivity index (χ0) is 16.1. The minimum absolute atomic E-state index is 0.556. The summed E-state index contributed by atoms with van der Waals surface area (Å²) < 4.78 is 0. The molecular weight excluding hydrogens is 288 g/mol. The molecular formula is C17H14N6. The number of hydrogen-bond donors (Lipinski definition) is 2. The van der Waals surface area contributed by atoms with Crippen LogP contribution in [0.1, 0.15) is 11.1 Å². The van der Waals surface area contributed by atoms with E-state index in [0.717, 1.165) is 5.56 Å². The van der Waals surface area contributed by atoms with Gasteiger partial charge in [-0.05, 0) is 36.8 Å². The normalized spacial score (nSPS) is 9.91. The molecule has 0 aliphatic heterocycles. The topological polar surface area (TPSA) is 86.5 Å². The van der Waals surface area contributed by atoms with Crippen LogP contribution >= 0.6 is 0 Å². The van der Waals surface area contributed by atoms with Crippen LogP contribution in [0.2, 0.25) is 0 Å². The summed E-state index contributed by atoms with van der Waals surface area (Å²) in [6.45, 7) is 2.00. The Balaban J connectivity index is 1.81. The average molecular weight is 302 g/mol. The van der Waals surface area contributed by atoms with Crippen LogP contribution in [-0.2, 0) is 0 Å². The average Bonchev–Trinajstić information content (AvgIpc) is 2.56. The van der Waals surface area contributed by atoms with Gasteiger partial charge in [-0.25, -0.2) is 15.0 Å². The second-order valence-electron chi connectivity index (χ2n) is 4.91. The third-order valence-corrected chi connectivity index (χ3v) is 3.15. The van der Waals surface area contributed by atoms with Crippen molar-refractivity contribution in [3.05, 3.63) is 66.1 Å². The van der Waals surface area contributed by atoms with E-state index >= 15 is 0 Å². The Morgan fingerprint density at radius 2 is 1.65 bits per heavy atom. The van der Waals surface area contributed by atoms with Crippen molar-refractivity contribution in [3.63, 3.8) is 0 Å². The van der Waals surface area contributed by atoms with Crippen molar-refractivity contribution < 1.29 is 0 Å². The summed E-state index contributed by atoms with van der Waals surface area (Å²) in [4.78, 5) is 12.6. The Morgan fingerprint density at radius 1 is 0.913 bits per heavy atom. The highest BCUT2D eigenvalue weighted by molar-refractivity contribution is 5.66. The van der Waals surface area contributed by atoms with Crippen molar-refractivity contribution in [1.29, 1.82) is 5.26 Å². The Labute approximate surface area is 133 Å². The minimum atomic E-state index is 0.556. The number of rotatable bonds is 4. The highest BCUT2D eigenvalue weighted by atomic mass is 15.1. The maximum atomic E-state index is 9.13. The van der Waals surface area contributed by atoms with Crippen molar-refractivity contribution in [2.45, 2.75) is 6.92 Å². The highest BCUT2D eigenvalue weighted by Crippen LogP contribution is 2.21. The molecule has 3 rings (SSSR count). The summed E-state index contributed by atoms with van der Waals surface area (Å²) in [6, 6.07) is 15.0. The van der Waals surface area contributed by atoms with Gasteiger partial charge in [0, 0.05) is 12.3 Å². The van der Waals surface area contributed by atoms with Crippen LogP contribution in [0, 0.1) is 18.3 Å². The number of nitrogens with one attached hydrogen (secondary N) is 2. The van der Waals surface area contributed by atoms with Gasteiger partial charge < -0.3 is 10.6 Å². The molecule has 0 bridgehead atoms. The predicted molar refractivity (Wildman–Crippen MR) is 88.7 cm³/mol. The molecule has 0 atom stereocenters. The van der Waals surface area contributed by atoms with Crippen molar-refractivity contribution in [2.24, 2.45) is 0 Å². The second kappa shape index (κ2) is 6.54. The number of aromatic nitrogens is 3. The molecule has 23 heavy (non-hydrogen) atoms. The summed E-state index contributed by atoms with van der Waals surface area (Å²) in [5.74, 6) is 1.93. The van der Waals surface area contributed by atoms with Crippen molar-refractivity contribution in [2.75, 3.05) is 10.6 Å². The first-order chi connectivity index (χ1) is 11.2. The molecule has 0 aliphatic carbocycles. The van der Waals surface area contributed by atoms with Crippen molar-refractivity contribution in [1.82, 2.24) is 15.0 Å². The third kappa shape index (κ3) is 3.60. The van der Waals surface area contributed by atoms with Crippen LogP contribution in [0.25, 0.3) is 0 Å². The van der Waals surface area contributed by atoms with Crippen LogP contribution in [0.15, 0.2) is 55.0 Å². The number of hydrogen-bond acceptors (Lipinski definition) is 6. The Kier molecular flexibility index (Phi) is 4.11. The SMILES string of the molecule is Cc1ccnc(Nc2cc(Nc3ccccc3C#N)ncn2)c1. The van der Waals surface area contributed by atoms with E-state index in [2.05, 4.69) is 31.7 Å². The maximum absolute atomic E-state index is 9.13. The number of aryl methyl sites for hydroxylation is 1. The zero-order valence-electron chi connectivity index (χ0n) is 12.5. The first-order valence-electron chi connectivity index (χ1n) is 7.02. The van der Waals surface area contributed by atoms with Crippen LogP contribution in [0.5, 0.6) is 0 Å². The lowest BCUT2D eigenvalue weighted by Crippen LogP contribution is -2.00. The Morgan fingerprint density at radius 3 is 2.43 bits per heavy atom. The fourth-order valence-electron chi connectivity index (χ4n) is 2.06. The summed E-state index contributed by atoms with van der Waals surface area (Å²) in [6.07, 6.45) is 3.19. The van der Waals surface area contributed by atoms with Crippen molar-refractivity contribution in [3.8, 4) is 6.07 Å². The molecule has 0 radical (unpaired) electrons. The van der Waals surface area contributed by atoms with Crippen LogP contribution in [0.3, 0.4) is 0 Å². The molecule has 0 aliphatic rings. The van der Waals surface area contributed by atoms with Crippen LogP contribution < -0.4 is 10.6 Å².